The quantitative estimate of drug-likeness (QED) is 0.796. The number of rotatable bonds is 6. The fourth-order valence-electron chi connectivity index (χ4n) is 2.41. The summed E-state index contributed by atoms with van der Waals surface area (Å²) in [6, 6.07) is 6.84. The summed E-state index contributed by atoms with van der Waals surface area (Å²) in [5, 5.41) is 9.05. The van der Waals surface area contributed by atoms with Crippen molar-refractivity contribution in [3.05, 3.63) is 28.7 Å². The minimum absolute atomic E-state index is 0.0979. The van der Waals surface area contributed by atoms with Crippen LogP contribution in [0.1, 0.15) is 25.7 Å². The van der Waals surface area contributed by atoms with Crippen LogP contribution in [-0.2, 0) is 9.59 Å². The van der Waals surface area contributed by atoms with Crippen LogP contribution in [0.5, 0.6) is 5.75 Å². The van der Waals surface area contributed by atoms with Crippen LogP contribution in [0.4, 0.5) is 0 Å². The number of nitrogens with zero attached hydrogens (tertiary/aromatic N) is 1. The van der Waals surface area contributed by atoms with Crippen LogP contribution in [0.15, 0.2) is 28.7 Å². The molecule has 1 aromatic carbocycles. The lowest BCUT2D eigenvalue weighted by Crippen LogP contribution is -2.40. The molecule has 21 heavy (non-hydrogen) atoms. The number of carbonyl (C=O) groups is 2. The van der Waals surface area contributed by atoms with Gasteiger partial charge in [0.1, 0.15) is 11.8 Å². The predicted octanol–water partition coefficient (Wildman–Crippen LogP) is 2.68. The molecule has 114 valence electrons. The van der Waals surface area contributed by atoms with Gasteiger partial charge in [-0.15, -0.1) is 0 Å². The molecule has 5 nitrogen and oxygen atoms in total. The molecule has 1 fully saturated rings. The molecule has 1 aliphatic heterocycles. The Balaban J connectivity index is 1.72. The van der Waals surface area contributed by atoms with E-state index in [-0.39, 0.29) is 5.91 Å². The molecule has 0 aliphatic carbocycles. The standard InChI is InChI=1S/C15H18BrNO4/c16-11-5-7-12(8-6-11)21-10-2-4-14(18)17-9-1-3-13(17)15(19)20/h5-8,13H,1-4,9-10H2,(H,19,20). The molecule has 1 amide bonds. The number of halogens is 1. The van der Waals surface area contributed by atoms with Crippen LogP contribution in [-0.4, -0.2) is 41.1 Å². The number of hydrogen-bond donors (Lipinski definition) is 1. The summed E-state index contributed by atoms with van der Waals surface area (Å²) in [6.07, 6.45) is 2.21. The molecule has 1 heterocycles. The number of hydrogen-bond acceptors (Lipinski definition) is 3. The molecular formula is C15H18BrNO4. The molecule has 0 bridgehead atoms. The van der Waals surface area contributed by atoms with E-state index in [1.54, 1.807) is 0 Å². The Morgan fingerprint density at radius 2 is 2.05 bits per heavy atom. The highest BCUT2D eigenvalue weighted by molar-refractivity contribution is 9.10. The first-order chi connectivity index (χ1) is 10.1. The van der Waals surface area contributed by atoms with Crippen molar-refractivity contribution >= 4 is 27.8 Å². The Hall–Kier alpha value is -1.56. The van der Waals surface area contributed by atoms with E-state index in [0.29, 0.717) is 32.4 Å². The van der Waals surface area contributed by atoms with Gasteiger partial charge < -0.3 is 14.7 Å². The zero-order chi connectivity index (χ0) is 15.2. The van der Waals surface area contributed by atoms with E-state index in [4.69, 9.17) is 9.84 Å². The predicted molar refractivity (Wildman–Crippen MR) is 81.2 cm³/mol. The Morgan fingerprint density at radius 3 is 2.71 bits per heavy atom. The number of carboxylic acids is 1. The molecule has 0 spiro atoms. The van der Waals surface area contributed by atoms with Crippen molar-refractivity contribution in [3.63, 3.8) is 0 Å². The van der Waals surface area contributed by atoms with Crippen LogP contribution in [0.3, 0.4) is 0 Å². The highest BCUT2D eigenvalue weighted by atomic mass is 79.9. The van der Waals surface area contributed by atoms with Crippen LogP contribution < -0.4 is 4.74 Å². The summed E-state index contributed by atoms with van der Waals surface area (Å²) < 4.78 is 6.53. The topological polar surface area (TPSA) is 66.8 Å². The van der Waals surface area contributed by atoms with Crippen molar-refractivity contribution in [2.75, 3.05) is 13.2 Å². The van der Waals surface area contributed by atoms with E-state index in [9.17, 15) is 9.59 Å². The molecule has 1 N–H and O–H groups in total. The van der Waals surface area contributed by atoms with Gasteiger partial charge in [0, 0.05) is 17.4 Å². The number of aliphatic carboxylic acids is 1. The lowest BCUT2D eigenvalue weighted by Gasteiger charge is -2.21. The average Bonchev–Trinajstić information content (AvgIpc) is 2.95. The first-order valence-corrected chi connectivity index (χ1v) is 7.78. The smallest absolute Gasteiger partial charge is 0.326 e. The maximum absolute atomic E-state index is 12.0. The molecule has 1 aromatic rings. The van der Waals surface area contributed by atoms with Crippen LogP contribution >= 0.6 is 15.9 Å². The summed E-state index contributed by atoms with van der Waals surface area (Å²) in [6.45, 7) is 0.988. The Bertz CT molecular complexity index is 503. The van der Waals surface area contributed by atoms with E-state index >= 15 is 0 Å². The van der Waals surface area contributed by atoms with E-state index < -0.39 is 12.0 Å². The van der Waals surface area contributed by atoms with E-state index in [0.717, 1.165) is 16.6 Å². The molecular weight excluding hydrogens is 338 g/mol. The van der Waals surface area contributed by atoms with Crippen molar-refractivity contribution in [3.8, 4) is 5.75 Å². The Labute approximate surface area is 132 Å². The normalized spacial score (nSPS) is 17.8. The third kappa shape index (κ3) is 4.46. The molecule has 1 saturated heterocycles. The van der Waals surface area contributed by atoms with Gasteiger partial charge in [0.15, 0.2) is 0 Å². The number of ether oxygens (including phenoxy) is 1. The fourth-order valence-corrected chi connectivity index (χ4v) is 2.67. The maximum Gasteiger partial charge on any atom is 0.326 e. The minimum Gasteiger partial charge on any atom is -0.494 e. The lowest BCUT2D eigenvalue weighted by molar-refractivity contribution is -0.148. The summed E-state index contributed by atoms with van der Waals surface area (Å²) in [4.78, 5) is 24.5. The first kappa shape index (κ1) is 15.8. The monoisotopic (exact) mass is 355 g/mol. The van der Waals surface area contributed by atoms with Crippen molar-refractivity contribution < 1.29 is 19.4 Å². The largest absolute Gasteiger partial charge is 0.494 e. The van der Waals surface area contributed by atoms with Gasteiger partial charge in [-0.1, -0.05) is 15.9 Å². The van der Waals surface area contributed by atoms with Crippen LogP contribution in [0.2, 0.25) is 0 Å². The molecule has 0 saturated carbocycles. The molecule has 1 atom stereocenters. The number of amides is 1. The second kappa shape index (κ2) is 7.45. The van der Waals surface area contributed by atoms with Gasteiger partial charge in [-0.3, -0.25) is 4.79 Å². The van der Waals surface area contributed by atoms with Crippen LogP contribution in [0, 0.1) is 0 Å². The summed E-state index contributed by atoms with van der Waals surface area (Å²) >= 11 is 3.35. The summed E-state index contributed by atoms with van der Waals surface area (Å²) in [5.74, 6) is -0.249. The van der Waals surface area contributed by atoms with Gasteiger partial charge in [0.05, 0.1) is 6.61 Å². The highest BCUT2D eigenvalue weighted by Crippen LogP contribution is 2.19. The van der Waals surface area contributed by atoms with Crippen molar-refractivity contribution in [2.24, 2.45) is 0 Å². The lowest BCUT2D eigenvalue weighted by atomic mass is 10.2. The summed E-state index contributed by atoms with van der Waals surface area (Å²) in [5.41, 5.74) is 0. The van der Waals surface area contributed by atoms with Gasteiger partial charge in [0.2, 0.25) is 5.91 Å². The van der Waals surface area contributed by atoms with Gasteiger partial charge in [0.25, 0.3) is 0 Å². The third-order valence-corrected chi connectivity index (χ3v) is 4.00. The van der Waals surface area contributed by atoms with Gasteiger partial charge in [-0.2, -0.15) is 0 Å². The zero-order valence-corrected chi connectivity index (χ0v) is 13.2. The first-order valence-electron chi connectivity index (χ1n) is 6.98. The highest BCUT2D eigenvalue weighted by Gasteiger charge is 2.33. The van der Waals surface area contributed by atoms with E-state index in [1.807, 2.05) is 24.3 Å². The Morgan fingerprint density at radius 1 is 1.33 bits per heavy atom. The van der Waals surface area contributed by atoms with Gasteiger partial charge >= 0.3 is 5.97 Å². The summed E-state index contributed by atoms with van der Waals surface area (Å²) in [7, 11) is 0. The van der Waals surface area contributed by atoms with Gasteiger partial charge in [-0.05, 0) is 43.5 Å². The maximum atomic E-state index is 12.0. The molecule has 1 unspecified atom stereocenters. The molecule has 1 aliphatic rings. The van der Waals surface area contributed by atoms with E-state index in [2.05, 4.69) is 15.9 Å². The van der Waals surface area contributed by atoms with E-state index in [1.165, 1.54) is 4.90 Å². The molecule has 0 radical (unpaired) electrons. The van der Waals surface area contributed by atoms with Crippen molar-refractivity contribution in [1.82, 2.24) is 4.90 Å². The van der Waals surface area contributed by atoms with Crippen molar-refractivity contribution in [2.45, 2.75) is 31.7 Å². The second-order valence-electron chi connectivity index (χ2n) is 4.99. The molecule has 0 aromatic heterocycles. The zero-order valence-electron chi connectivity index (χ0n) is 11.6. The SMILES string of the molecule is O=C(O)C1CCCN1C(=O)CCCOc1ccc(Br)cc1. The molecule has 2 rings (SSSR count). The Kier molecular flexibility index (Phi) is 5.61. The third-order valence-electron chi connectivity index (χ3n) is 3.48. The second-order valence-corrected chi connectivity index (χ2v) is 5.91. The fraction of sp³-hybridized carbons (Fsp3) is 0.467. The minimum atomic E-state index is -0.910. The number of benzene rings is 1. The number of carbonyl (C=O) groups excluding carboxylic acids is 1. The molecule has 6 heteroatoms. The number of carboxylic acid groups (broad SMARTS) is 1. The average molecular weight is 356 g/mol. The van der Waals surface area contributed by atoms with Gasteiger partial charge in [-0.25, -0.2) is 4.79 Å². The van der Waals surface area contributed by atoms with Crippen LogP contribution in [0.25, 0.3) is 0 Å². The number of likely N-dealkylation sites (tertiary alicyclic amines) is 1. The van der Waals surface area contributed by atoms with Crippen molar-refractivity contribution in [1.29, 1.82) is 0 Å².